The van der Waals surface area contributed by atoms with Gasteiger partial charge in [-0.25, -0.2) is 13.6 Å². The van der Waals surface area contributed by atoms with E-state index in [9.17, 15) is 23.2 Å². The van der Waals surface area contributed by atoms with Crippen LogP contribution in [0.15, 0.2) is 36.4 Å². The minimum Gasteiger partial charge on any atom is -0.325 e. The van der Waals surface area contributed by atoms with Crippen molar-refractivity contribution >= 4 is 23.5 Å². The molecule has 1 atom stereocenters. The lowest BCUT2D eigenvalue weighted by atomic mass is 9.91. The van der Waals surface area contributed by atoms with E-state index in [4.69, 9.17) is 0 Å². The van der Waals surface area contributed by atoms with Crippen LogP contribution in [0, 0.1) is 25.5 Å². The van der Waals surface area contributed by atoms with Crippen LogP contribution in [0.5, 0.6) is 0 Å². The summed E-state index contributed by atoms with van der Waals surface area (Å²) in [5.74, 6) is -3.00. The first kappa shape index (κ1) is 19.5. The minimum atomic E-state index is -1.80. The summed E-state index contributed by atoms with van der Waals surface area (Å²) in [5, 5.41) is 4.97. The molecule has 0 radical (unpaired) electrons. The molecule has 1 saturated heterocycles. The number of halogens is 2. The Morgan fingerprint density at radius 3 is 2.50 bits per heavy atom. The predicted molar refractivity (Wildman–Crippen MR) is 98.5 cm³/mol. The molecule has 1 aliphatic rings. The van der Waals surface area contributed by atoms with Gasteiger partial charge in [0.25, 0.3) is 5.91 Å². The Labute approximate surface area is 160 Å². The summed E-state index contributed by atoms with van der Waals surface area (Å²) in [4.78, 5) is 38.0. The van der Waals surface area contributed by atoms with E-state index in [1.807, 2.05) is 19.9 Å². The quantitative estimate of drug-likeness (QED) is 0.792. The summed E-state index contributed by atoms with van der Waals surface area (Å²) in [6, 6.07) is 7.10. The molecule has 2 aromatic carbocycles. The Morgan fingerprint density at radius 2 is 1.82 bits per heavy atom. The molecule has 0 spiro atoms. The van der Waals surface area contributed by atoms with Crippen LogP contribution < -0.4 is 10.6 Å². The molecule has 1 aliphatic heterocycles. The van der Waals surface area contributed by atoms with Crippen LogP contribution in [0.3, 0.4) is 0 Å². The van der Waals surface area contributed by atoms with Crippen LogP contribution in [0.4, 0.5) is 19.3 Å². The second-order valence-electron chi connectivity index (χ2n) is 6.92. The van der Waals surface area contributed by atoms with Crippen molar-refractivity contribution in [2.45, 2.75) is 26.3 Å². The zero-order valence-electron chi connectivity index (χ0n) is 15.6. The third kappa shape index (κ3) is 3.45. The van der Waals surface area contributed by atoms with E-state index in [1.165, 1.54) is 6.92 Å². The molecular formula is C20H19F2N3O3. The molecule has 6 nitrogen and oxygen atoms in total. The van der Waals surface area contributed by atoms with Gasteiger partial charge >= 0.3 is 6.03 Å². The highest BCUT2D eigenvalue weighted by molar-refractivity contribution is 6.10. The number of amides is 4. The summed E-state index contributed by atoms with van der Waals surface area (Å²) in [6.45, 7) is 4.54. The number of rotatable bonds is 4. The zero-order valence-corrected chi connectivity index (χ0v) is 15.6. The number of aryl methyl sites for hydroxylation is 2. The smallest absolute Gasteiger partial charge is 0.325 e. The van der Waals surface area contributed by atoms with Gasteiger partial charge in [-0.15, -0.1) is 0 Å². The molecule has 28 heavy (non-hydrogen) atoms. The number of carbonyl (C=O) groups excluding carboxylic acids is 3. The Kier molecular flexibility index (Phi) is 4.89. The molecule has 1 unspecified atom stereocenters. The van der Waals surface area contributed by atoms with Crippen LogP contribution in [-0.2, 0) is 15.1 Å². The average Bonchev–Trinajstić information content (AvgIpc) is 2.84. The van der Waals surface area contributed by atoms with E-state index in [0.29, 0.717) is 10.6 Å². The van der Waals surface area contributed by atoms with E-state index in [1.54, 1.807) is 12.1 Å². The fraction of sp³-hybridized carbons (Fsp3) is 0.250. The van der Waals surface area contributed by atoms with Crippen molar-refractivity contribution in [3.63, 3.8) is 0 Å². The average molecular weight is 387 g/mol. The number of benzene rings is 2. The third-order valence-corrected chi connectivity index (χ3v) is 4.83. The minimum absolute atomic E-state index is 0.303. The number of anilines is 1. The molecule has 0 bridgehead atoms. The van der Waals surface area contributed by atoms with E-state index in [-0.39, 0.29) is 5.56 Å². The highest BCUT2D eigenvalue weighted by atomic mass is 19.1. The van der Waals surface area contributed by atoms with Crippen molar-refractivity contribution in [2.24, 2.45) is 0 Å². The largest absolute Gasteiger partial charge is 0.325 e. The second kappa shape index (κ2) is 7.03. The van der Waals surface area contributed by atoms with Crippen molar-refractivity contribution in [3.05, 3.63) is 64.7 Å². The first-order chi connectivity index (χ1) is 13.1. The van der Waals surface area contributed by atoms with Gasteiger partial charge in [0.1, 0.15) is 23.7 Å². The maximum Gasteiger partial charge on any atom is 0.325 e. The molecule has 3 rings (SSSR count). The molecule has 4 amide bonds. The molecule has 1 heterocycles. The van der Waals surface area contributed by atoms with Crippen LogP contribution in [0.2, 0.25) is 0 Å². The number of hydrogen-bond acceptors (Lipinski definition) is 3. The first-order valence-corrected chi connectivity index (χ1v) is 8.58. The van der Waals surface area contributed by atoms with E-state index in [0.717, 1.165) is 29.3 Å². The number of nitrogens with zero attached hydrogens (tertiary/aromatic N) is 1. The molecule has 1 fully saturated rings. The fourth-order valence-electron chi connectivity index (χ4n) is 3.07. The van der Waals surface area contributed by atoms with Crippen molar-refractivity contribution in [3.8, 4) is 0 Å². The maximum atomic E-state index is 14.1. The van der Waals surface area contributed by atoms with Crippen molar-refractivity contribution < 1.29 is 23.2 Å². The van der Waals surface area contributed by atoms with Gasteiger partial charge in [0, 0.05) is 11.3 Å². The second-order valence-corrected chi connectivity index (χ2v) is 6.92. The summed E-state index contributed by atoms with van der Waals surface area (Å²) in [5.41, 5.74) is 0.452. The Bertz CT molecular complexity index is 993. The maximum absolute atomic E-state index is 14.1. The number of nitrogens with one attached hydrogen (secondary N) is 2. The normalized spacial score (nSPS) is 19.0. The Balaban J connectivity index is 1.79. The number of urea groups is 1. The highest BCUT2D eigenvalue weighted by Gasteiger charge is 2.50. The van der Waals surface area contributed by atoms with Gasteiger partial charge in [0.2, 0.25) is 5.91 Å². The van der Waals surface area contributed by atoms with Crippen molar-refractivity contribution in [1.82, 2.24) is 10.2 Å². The summed E-state index contributed by atoms with van der Waals surface area (Å²) in [7, 11) is 0. The number of carbonyl (C=O) groups is 3. The van der Waals surface area contributed by atoms with Crippen LogP contribution in [0.25, 0.3) is 0 Å². The SMILES string of the molecule is Cc1ccc(NC(=O)CN2C(=O)NC(C)(c3cc(F)ccc3F)C2=O)cc1C. The molecule has 0 aliphatic carbocycles. The molecule has 0 saturated carbocycles. The summed E-state index contributed by atoms with van der Waals surface area (Å²) < 4.78 is 27.7. The molecule has 146 valence electrons. The van der Waals surface area contributed by atoms with E-state index in [2.05, 4.69) is 10.6 Å². The van der Waals surface area contributed by atoms with Crippen molar-refractivity contribution in [1.29, 1.82) is 0 Å². The lowest BCUT2D eigenvalue weighted by Gasteiger charge is -2.22. The first-order valence-electron chi connectivity index (χ1n) is 8.58. The van der Waals surface area contributed by atoms with E-state index < -0.39 is 41.6 Å². The van der Waals surface area contributed by atoms with Crippen LogP contribution in [-0.4, -0.2) is 29.3 Å². The predicted octanol–water partition coefficient (Wildman–Crippen LogP) is 2.99. The van der Waals surface area contributed by atoms with E-state index >= 15 is 0 Å². The molecule has 8 heteroatoms. The van der Waals surface area contributed by atoms with Gasteiger partial charge < -0.3 is 10.6 Å². The highest BCUT2D eigenvalue weighted by Crippen LogP contribution is 2.31. The molecule has 2 aromatic rings. The van der Waals surface area contributed by atoms with Gasteiger partial charge in [-0.3, -0.25) is 14.5 Å². The molecular weight excluding hydrogens is 368 g/mol. The third-order valence-electron chi connectivity index (χ3n) is 4.83. The number of hydrogen-bond donors (Lipinski definition) is 2. The van der Waals surface area contributed by atoms with Crippen LogP contribution in [0.1, 0.15) is 23.6 Å². The Morgan fingerprint density at radius 1 is 1.11 bits per heavy atom. The van der Waals surface area contributed by atoms with Gasteiger partial charge in [-0.2, -0.15) is 0 Å². The summed E-state index contributed by atoms with van der Waals surface area (Å²) >= 11 is 0. The fourth-order valence-corrected chi connectivity index (χ4v) is 3.07. The lowest BCUT2D eigenvalue weighted by Crippen LogP contribution is -2.42. The lowest BCUT2D eigenvalue weighted by molar-refractivity contribution is -0.133. The standard InChI is InChI=1S/C20H19F2N3O3/c1-11-4-6-14(8-12(11)2)23-17(26)10-25-18(27)20(3,24-19(25)28)15-9-13(21)5-7-16(15)22/h4-9H,10H2,1-3H3,(H,23,26)(H,24,28). The van der Waals surface area contributed by atoms with Gasteiger partial charge in [-0.05, 0) is 62.2 Å². The van der Waals surface area contributed by atoms with Gasteiger partial charge in [0.05, 0.1) is 0 Å². The number of imide groups is 1. The van der Waals surface area contributed by atoms with Crippen molar-refractivity contribution in [2.75, 3.05) is 11.9 Å². The van der Waals surface area contributed by atoms with Gasteiger partial charge in [-0.1, -0.05) is 6.07 Å². The van der Waals surface area contributed by atoms with Crippen LogP contribution >= 0.6 is 0 Å². The molecule has 2 N–H and O–H groups in total. The topological polar surface area (TPSA) is 78.5 Å². The van der Waals surface area contributed by atoms with Gasteiger partial charge in [0.15, 0.2) is 0 Å². The summed E-state index contributed by atoms with van der Waals surface area (Å²) in [6.07, 6.45) is 0. The zero-order chi connectivity index (χ0) is 20.6. The Hall–Kier alpha value is -3.29. The monoisotopic (exact) mass is 387 g/mol. The molecule has 0 aromatic heterocycles.